The van der Waals surface area contributed by atoms with Crippen LogP contribution in [0.25, 0.3) is 6.08 Å². The number of furan rings is 1. The minimum absolute atomic E-state index is 0.167. The van der Waals surface area contributed by atoms with Crippen LogP contribution in [0, 0.1) is 21.4 Å². The molecule has 0 aliphatic rings. The number of hydrogen-bond acceptors (Lipinski definition) is 6. The number of rotatable bonds is 5. The van der Waals surface area contributed by atoms with Gasteiger partial charge in [-0.3, -0.25) is 10.1 Å². The summed E-state index contributed by atoms with van der Waals surface area (Å²) in [6.07, 6.45) is 4.01. The Morgan fingerprint density at radius 2 is 2.37 bits per heavy atom. The van der Waals surface area contributed by atoms with E-state index in [4.69, 9.17) is 9.68 Å². The average Bonchev–Trinajstić information content (AvgIpc) is 2.83. The second kappa shape index (κ2) is 6.76. The minimum atomic E-state index is -0.722. The minimum Gasteiger partial charge on any atom is -0.462 e. The first-order valence-electron chi connectivity index (χ1n) is 5.28. The van der Waals surface area contributed by atoms with Crippen molar-refractivity contribution in [2.75, 3.05) is 6.61 Å². The highest BCUT2D eigenvalue weighted by Gasteiger charge is 2.10. The number of allylic oxidation sites excluding steroid dienone is 2. The Balaban J connectivity index is 2.77. The fraction of sp³-hybridized carbons (Fsp3) is 0.167. The fourth-order valence-corrected chi connectivity index (χ4v) is 1.13. The fourth-order valence-electron chi connectivity index (χ4n) is 1.13. The van der Waals surface area contributed by atoms with Gasteiger partial charge in [-0.05, 0) is 25.1 Å². The third-order valence-corrected chi connectivity index (χ3v) is 1.93. The van der Waals surface area contributed by atoms with Crippen molar-refractivity contribution in [3.8, 4) is 6.07 Å². The molecule has 0 N–H and O–H groups in total. The van der Waals surface area contributed by atoms with Gasteiger partial charge in [0.1, 0.15) is 22.3 Å². The monoisotopic (exact) mass is 262 g/mol. The van der Waals surface area contributed by atoms with Crippen LogP contribution in [0.4, 0.5) is 5.88 Å². The molecule has 19 heavy (non-hydrogen) atoms. The first-order chi connectivity index (χ1) is 9.08. The van der Waals surface area contributed by atoms with Crippen molar-refractivity contribution in [2.24, 2.45) is 0 Å². The van der Waals surface area contributed by atoms with Crippen LogP contribution >= 0.6 is 0 Å². The summed E-state index contributed by atoms with van der Waals surface area (Å²) < 4.78 is 9.51. The topological polar surface area (TPSA) is 106 Å². The van der Waals surface area contributed by atoms with E-state index in [0.717, 1.165) is 0 Å². The molecule has 0 radical (unpaired) electrons. The molecule has 0 bridgehead atoms. The summed E-state index contributed by atoms with van der Waals surface area (Å²) in [7, 11) is 0. The van der Waals surface area contributed by atoms with Gasteiger partial charge in [-0.25, -0.2) is 4.79 Å². The molecule has 1 aromatic rings. The molecule has 7 heteroatoms. The summed E-state index contributed by atoms with van der Waals surface area (Å²) in [5, 5.41) is 19.1. The predicted octanol–water partition coefficient (Wildman–Crippen LogP) is 2.21. The molecule has 7 nitrogen and oxygen atoms in total. The maximum Gasteiger partial charge on any atom is 0.433 e. The SMILES string of the molecule is CCOC(=O)C(C#N)=CC=Cc1ccc([N+](=O)[O-])o1. The van der Waals surface area contributed by atoms with E-state index < -0.39 is 10.9 Å². The molecule has 98 valence electrons. The van der Waals surface area contributed by atoms with Crippen molar-refractivity contribution in [1.82, 2.24) is 0 Å². The number of carbonyl (C=O) groups is 1. The molecule has 0 saturated carbocycles. The molecule has 0 saturated heterocycles. The zero-order valence-electron chi connectivity index (χ0n) is 10.0. The highest BCUT2D eigenvalue weighted by molar-refractivity contribution is 5.93. The molecule has 1 rings (SSSR count). The molecule has 0 aliphatic carbocycles. The lowest BCUT2D eigenvalue weighted by Gasteiger charge is -1.97. The summed E-state index contributed by atoms with van der Waals surface area (Å²) in [6, 6.07) is 4.30. The van der Waals surface area contributed by atoms with Crippen LogP contribution in [-0.2, 0) is 9.53 Å². The second-order valence-electron chi connectivity index (χ2n) is 3.20. The number of ether oxygens (including phenoxy) is 1. The van der Waals surface area contributed by atoms with E-state index in [1.165, 1.54) is 30.4 Å². The molecule has 0 aromatic carbocycles. The Labute approximate surface area is 108 Å². The Morgan fingerprint density at radius 1 is 1.63 bits per heavy atom. The molecule has 1 aromatic heterocycles. The summed E-state index contributed by atoms with van der Waals surface area (Å²) in [5.41, 5.74) is -0.167. The molecule has 0 amide bonds. The van der Waals surface area contributed by atoms with Crippen molar-refractivity contribution in [3.05, 3.63) is 45.7 Å². The highest BCUT2D eigenvalue weighted by Crippen LogP contribution is 2.16. The molecule has 0 fully saturated rings. The first-order valence-corrected chi connectivity index (χ1v) is 5.28. The Hall–Kier alpha value is -2.88. The van der Waals surface area contributed by atoms with Crippen LogP contribution in [0.5, 0.6) is 0 Å². The normalized spacial score (nSPS) is 11.3. The third-order valence-electron chi connectivity index (χ3n) is 1.93. The molecule has 0 atom stereocenters. The van der Waals surface area contributed by atoms with Gasteiger partial charge >= 0.3 is 11.9 Å². The second-order valence-corrected chi connectivity index (χ2v) is 3.20. The van der Waals surface area contributed by atoms with Crippen LogP contribution < -0.4 is 0 Å². The van der Waals surface area contributed by atoms with Gasteiger partial charge < -0.3 is 9.15 Å². The van der Waals surface area contributed by atoms with Crippen molar-refractivity contribution in [3.63, 3.8) is 0 Å². The van der Waals surface area contributed by atoms with E-state index in [0.29, 0.717) is 0 Å². The standard InChI is InChI=1S/C12H10N2O5/c1-2-18-12(15)9(8-13)4-3-5-10-6-7-11(19-10)14(16)17/h3-7H,2H2,1H3. The molecule has 0 aliphatic heterocycles. The van der Waals surface area contributed by atoms with E-state index in [9.17, 15) is 14.9 Å². The molecule has 0 unspecified atom stereocenters. The lowest BCUT2D eigenvalue weighted by atomic mass is 10.2. The number of nitriles is 1. The third kappa shape index (κ3) is 4.12. The number of esters is 1. The summed E-state index contributed by atoms with van der Waals surface area (Å²) in [4.78, 5) is 21.0. The summed E-state index contributed by atoms with van der Waals surface area (Å²) in [5.74, 6) is -0.862. The van der Waals surface area contributed by atoms with Gasteiger partial charge in [0, 0.05) is 0 Å². The van der Waals surface area contributed by atoms with Gasteiger partial charge in [0.2, 0.25) is 0 Å². The largest absolute Gasteiger partial charge is 0.462 e. The zero-order valence-corrected chi connectivity index (χ0v) is 10.0. The van der Waals surface area contributed by atoms with Crippen molar-refractivity contribution < 1.29 is 18.9 Å². The Morgan fingerprint density at radius 3 is 2.89 bits per heavy atom. The first kappa shape index (κ1) is 14.2. The van der Waals surface area contributed by atoms with Crippen molar-refractivity contribution >= 4 is 17.9 Å². The van der Waals surface area contributed by atoms with Gasteiger partial charge in [-0.15, -0.1) is 0 Å². The quantitative estimate of drug-likeness (QED) is 0.201. The van der Waals surface area contributed by atoms with E-state index in [2.05, 4.69) is 4.74 Å². The number of nitrogens with zero attached hydrogens (tertiary/aromatic N) is 2. The van der Waals surface area contributed by atoms with E-state index >= 15 is 0 Å². The van der Waals surface area contributed by atoms with Crippen molar-refractivity contribution in [2.45, 2.75) is 6.92 Å². The van der Waals surface area contributed by atoms with Gasteiger partial charge in [0.15, 0.2) is 0 Å². The maximum atomic E-state index is 11.3. The lowest BCUT2D eigenvalue weighted by Crippen LogP contribution is -2.05. The smallest absolute Gasteiger partial charge is 0.433 e. The van der Waals surface area contributed by atoms with Crippen LogP contribution in [0.1, 0.15) is 12.7 Å². The highest BCUT2D eigenvalue weighted by atomic mass is 16.6. The van der Waals surface area contributed by atoms with Gasteiger partial charge in [0.25, 0.3) is 0 Å². The maximum absolute atomic E-state index is 11.3. The molecule has 0 spiro atoms. The molecule has 1 heterocycles. The van der Waals surface area contributed by atoms with Gasteiger partial charge in [-0.1, -0.05) is 6.08 Å². The van der Waals surface area contributed by atoms with E-state index in [-0.39, 0.29) is 23.8 Å². The number of nitro groups is 1. The number of carbonyl (C=O) groups excluding carboxylic acids is 1. The molecular formula is C12H10N2O5. The van der Waals surface area contributed by atoms with E-state index in [1.807, 2.05) is 0 Å². The van der Waals surface area contributed by atoms with Gasteiger partial charge in [-0.2, -0.15) is 5.26 Å². The Kier molecular flexibility index (Phi) is 5.04. The predicted molar refractivity (Wildman–Crippen MR) is 64.7 cm³/mol. The lowest BCUT2D eigenvalue weighted by molar-refractivity contribution is -0.402. The van der Waals surface area contributed by atoms with Crippen LogP contribution in [-0.4, -0.2) is 17.5 Å². The summed E-state index contributed by atoms with van der Waals surface area (Å²) >= 11 is 0. The number of hydrogen-bond donors (Lipinski definition) is 0. The zero-order chi connectivity index (χ0) is 14.3. The van der Waals surface area contributed by atoms with Crippen LogP contribution in [0.2, 0.25) is 0 Å². The van der Waals surface area contributed by atoms with Crippen LogP contribution in [0.3, 0.4) is 0 Å². The van der Waals surface area contributed by atoms with Crippen LogP contribution in [0.15, 0.2) is 34.3 Å². The summed E-state index contributed by atoms with van der Waals surface area (Å²) in [6.45, 7) is 1.80. The average molecular weight is 262 g/mol. The van der Waals surface area contributed by atoms with Crippen molar-refractivity contribution in [1.29, 1.82) is 5.26 Å². The Bertz CT molecular complexity index is 577. The van der Waals surface area contributed by atoms with Gasteiger partial charge in [0.05, 0.1) is 12.7 Å². The van der Waals surface area contributed by atoms with E-state index in [1.54, 1.807) is 13.0 Å². The molecular weight excluding hydrogens is 252 g/mol.